The zero-order chi connectivity index (χ0) is 12.3. The molecule has 100 valence electrons. The number of alkyl halides is 1. The van der Waals surface area contributed by atoms with Gasteiger partial charge in [-0.3, -0.25) is 0 Å². The Labute approximate surface area is 115 Å². The predicted molar refractivity (Wildman–Crippen MR) is 78.7 cm³/mol. The van der Waals surface area contributed by atoms with E-state index in [0.717, 1.165) is 11.8 Å². The first kappa shape index (κ1) is 13.9. The molecule has 2 heteroatoms. The fraction of sp³-hybridized carbons (Fsp3) is 1.00. The number of rotatable bonds is 9. The molecule has 0 saturated heterocycles. The fourth-order valence-electron chi connectivity index (χ4n) is 2.71. The number of hydrogen-bond donors (Lipinski definition) is 0. The van der Waals surface area contributed by atoms with Crippen LogP contribution in [0.25, 0.3) is 0 Å². The molecule has 0 aromatic carbocycles. The van der Waals surface area contributed by atoms with Gasteiger partial charge >= 0.3 is 0 Å². The van der Waals surface area contributed by atoms with Gasteiger partial charge in [0.15, 0.2) is 0 Å². The summed E-state index contributed by atoms with van der Waals surface area (Å²) < 4.78 is 0. The SMILES string of the molecule is CCC(CC)(CBr)CN(CC1CC1)CC1CC1. The van der Waals surface area contributed by atoms with Gasteiger partial charge < -0.3 is 4.90 Å². The van der Waals surface area contributed by atoms with Crippen molar-refractivity contribution in [1.82, 2.24) is 4.90 Å². The molecule has 0 radical (unpaired) electrons. The van der Waals surface area contributed by atoms with E-state index in [-0.39, 0.29) is 0 Å². The summed E-state index contributed by atoms with van der Waals surface area (Å²) in [6, 6.07) is 0. The second-order valence-electron chi connectivity index (χ2n) is 6.42. The summed E-state index contributed by atoms with van der Waals surface area (Å²) >= 11 is 3.76. The van der Waals surface area contributed by atoms with Gasteiger partial charge in [0.1, 0.15) is 0 Å². The van der Waals surface area contributed by atoms with Crippen molar-refractivity contribution in [3.8, 4) is 0 Å². The smallest absolute Gasteiger partial charge is 0.01000 e. The maximum atomic E-state index is 3.76. The zero-order valence-corrected chi connectivity index (χ0v) is 13.1. The fourth-order valence-corrected chi connectivity index (χ4v) is 3.68. The van der Waals surface area contributed by atoms with Crippen LogP contribution in [0, 0.1) is 17.3 Å². The Hall–Kier alpha value is 0.440. The van der Waals surface area contributed by atoms with Gasteiger partial charge in [-0.05, 0) is 55.8 Å². The molecule has 0 aliphatic heterocycles. The Balaban J connectivity index is 1.87. The topological polar surface area (TPSA) is 3.24 Å². The van der Waals surface area contributed by atoms with Crippen molar-refractivity contribution in [3.63, 3.8) is 0 Å². The molecule has 0 aromatic heterocycles. The average Bonchev–Trinajstić information content (AvgIpc) is 3.22. The lowest BCUT2D eigenvalue weighted by Crippen LogP contribution is -2.40. The van der Waals surface area contributed by atoms with E-state index in [1.807, 2.05) is 0 Å². The summed E-state index contributed by atoms with van der Waals surface area (Å²) in [4.78, 5) is 2.80. The molecule has 0 unspecified atom stereocenters. The van der Waals surface area contributed by atoms with Crippen molar-refractivity contribution in [3.05, 3.63) is 0 Å². The highest BCUT2D eigenvalue weighted by Crippen LogP contribution is 2.37. The van der Waals surface area contributed by atoms with E-state index in [9.17, 15) is 0 Å². The Bertz CT molecular complexity index is 207. The van der Waals surface area contributed by atoms with Crippen molar-refractivity contribution in [2.45, 2.75) is 52.4 Å². The predicted octanol–water partition coefficient (Wildman–Crippen LogP) is 4.31. The minimum Gasteiger partial charge on any atom is -0.302 e. The van der Waals surface area contributed by atoms with Crippen LogP contribution in [0.1, 0.15) is 52.4 Å². The largest absolute Gasteiger partial charge is 0.302 e. The number of nitrogens with zero attached hydrogens (tertiary/aromatic N) is 1. The third-order valence-electron chi connectivity index (χ3n) is 4.77. The van der Waals surface area contributed by atoms with Crippen LogP contribution < -0.4 is 0 Å². The second kappa shape index (κ2) is 6.06. The van der Waals surface area contributed by atoms with E-state index >= 15 is 0 Å². The standard InChI is InChI=1S/C15H28BrN/c1-3-15(4-2,11-16)12-17(9-13-5-6-13)10-14-7-8-14/h13-14H,3-12H2,1-2H3. The highest BCUT2D eigenvalue weighted by molar-refractivity contribution is 9.09. The molecule has 0 amide bonds. The third kappa shape index (κ3) is 4.24. The molecule has 17 heavy (non-hydrogen) atoms. The van der Waals surface area contributed by atoms with Crippen molar-refractivity contribution in [1.29, 1.82) is 0 Å². The Morgan fingerprint density at radius 3 is 1.76 bits per heavy atom. The van der Waals surface area contributed by atoms with Crippen molar-refractivity contribution in [2.75, 3.05) is 25.0 Å². The summed E-state index contributed by atoms with van der Waals surface area (Å²) in [6.07, 6.45) is 8.56. The quantitative estimate of drug-likeness (QED) is 0.574. The summed E-state index contributed by atoms with van der Waals surface area (Å²) in [5.74, 6) is 2.07. The van der Waals surface area contributed by atoms with Gasteiger partial charge in [-0.15, -0.1) is 0 Å². The summed E-state index contributed by atoms with van der Waals surface area (Å²) in [7, 11) is 0. The van der Waals surface area contributed by atoms with Crippen LogP contribution in [0.15, 0.2) is 0 Å². The first-order chi connectivity index (χ1) is 8.21. The first-order valence-electron chi connectivity index (χ1n) is 7.49. The molecule has 2 fully saturated rings. The Morgan fingerprint density at radius 1 is 1.00 bits per heavy atom. The summed E-state index contributed by atoms with van der Waals surface area (Å²) in [6.45, 7) is 8.79. The molecule has 0 aromatic rings. The Morgan fingerprint density at radius 2 is 1.47 bits per heavy atom. The molecular weight excluding hydrogens is 274 g/mol. The number of hydrogen-bond acceptors (Lipinski definition) is 1. The van der Waals surface area contributed by atoms with E-state index < -0.39 is 0 Å². The summed E-state index contributed by atoms with van der Waals surface area (Å²) in [5, 5.41) is 1.17. The molecule has 2 aliphatic rings. The first-order valence-corrected chi connectivity index (χ1v) is 8.62. The molecule has 0 atom stereocenters. The van der Waals surface area contributed by atoms with Crippen LogP contribution in [0.5, 0.6) is 0 Å². The van der Waals surface area contributed by atoms with E-state index in [1.165, 1.54) is 63.5 Å². The molecule has 0 spiro atoms. The molecule has 2 rings (SSSR count). The lowest BCUT2D eigenvalue weighted by molar-refractivity contribution is 0.148. The van der Waals surface area contributed by atoms with E-state index in [2.05, 4.69) is 34.7 Å². The zero-order valence-electron chi connectivity index (χ0n) is 11.6. The van der Waals surface area contributed by atoms with E-state index in [1.54, 1.807) is 0 Å². The maximum absolute atomic E-state index is 3.76. The van der Waals surface area contributed by atoms with Gasteiger partial charge in [0.05, 0.1) is 0 Å². The van der Waals surface area contributed by atoms with Crippen molar-refractivity contribution in [2.24, 2.45) is 17.3 Å². The molecule has 0 N–H and O–H groups in total. The molecule has 2 aliphatic carbocycles. The van der Waals surface area contributed by atoms with Crippen LogP contribution in [0.3, 0.4) is 0 Å². The monoisotopic (exact) mass is 301 g/mol. The van der Waals surface area contributed by atoms with E-state index in [0.29, 0.717) is 5.41 Å². The molecule has 1 nitrogen and oxygen atoms in total. The maximum Gasteiger partial charge on any atom is 0.01000 e. The van der Waals surface area contributed by atoms with Crippen molar-refractivity contribution < 1.29 is 0 Å². The minimum atomic E-state index is 0.518. The van der Waals surface area contributed by atoms with Crippen LogP contribution in [0.2, 0.25) is 0 Å². The Kier molecular flexibility index (Phi) is 4.94. The third-order valence-corrected chi connectivity index (χ3v) is 5.96. The van der Waals surface area contributed by atoms with Crippen LogP contribution in [-0.4, -0.2) is 29.9 Å². The van der Waals surface area contributed by atoms with Crippen LogP contribution in [0.4, 0.5) is 0 Å². The van der Waals surface area contributed by atoms with Gasteiger partial charge in [0.25, 0.3) is 0 Å². The molecule has 0 heterocycles. The van der Waals surface area contributed by atoms with E-state index in [4.69, 9.17) is 0 Å². The van der Waals surface area contributed by atoms with Gasteiger partial charge in [-0.25, -0.2) is 0 Å². The molecular formula is C15H28BrN. The average molecular weight is 302 g/mol. The van der Waals surface area contributed by atoms with Gasteiger partial charge in [-0.1, -0.05) is 29.8 Å². The highest BCUT2D eigenvalue weighted by Gasteiger charge is 2.33. The normalized spacial score (nSPS) is 21.2. The van der Waals surface area contributed by atoms with Gasteiger partial charge in [0, 0.05) is 25.0 Å². The molecule has 2 saturated carbocycles. The minimum absolute atomic E-state index is 0.518. The number of halogens is 1. The molecule has 0 bridgehead atoms. The lowest BCUT2D eigenvalue weighted by atomic mass is 9.84. The van der Waals surface area contributed by atoms with Crippen LogP contribution >= 0.6 is 15.9 Å². The summed E-state index contributed by atoms with van der Waals surface area (Å²) in [5.41, 5.74) is 0.518. The van der Waals surface area contributed by atoms with Crippen molar-refractivity contribution >= 4 is 15.9 Å². The van der Waals surface area contributed by atoms with Gasteiger partial charge in [-0.2, -0.15) is 0 Å². The van der Waals surface area contributed by atoms with Crippen LogP contribution in [-0.2, 0) is 0 Å². The second-order valence-corrected chi connectivity index (χ2v) is 6.98. The lowest BCUT2D eigenvalue weighted by Gasteiger charge is -2.36. The van der Waals surface area contributed by atoms with Gasteiger partial charge in [0.2, 0.25) is 0 Å². The highest BCUT2D eigenvalue weighted by atomic mass is 79.9.